The standard InChI is InChI=1S/C24H26N4O2/c1-17-5-2-3-7-21(17)24-25-12-18(13-26-24)14-28-10-4-6-20(15-28)27-19-8-9-22-23(11-19)30-16-29-22/h2-3,5,7-9,11-13,20,27H,4,6,10,14-16H2,1H3/t20-/m0/s1. The Morgan fingerprint density at radius 1 is 1.07 bits per heavy atom. The van der Waals surface area contributed by atoms with Crippen LogP contribution >= 0.6 is 0 Å². The molecule has 6 nitrogen and oxygen atoms in total. The van der Waals surface area contributed by atoms with E-state index in [9.17, 15) is 0 Å². The van der Waals surface area contributed by atoms with Gasteiger partial charge in [0.25, 0.3) is 0 Å². The van der Waals surface area contributed by atoms with Gasteiger partial charge < -0.3 is 14.8 Å². The van der Waals surface area contributed by atoms with Crippen molar-refractivity contribution in [3.63, 3.8) is 0 Å². The lowest BCUT2D eigenvalue weighted by Gasteiger charge is -2.33. The zero-order valence-electron chi connectivity index (χ0n) is 17.2. The van der Waals surface area contributed by atoms with Gasteiger partial charge >= 0.3 is 0 Å². The first-order valence-electron chi connectivity index (χ1n) is 10.5. The molecule has 3 aromatic rings. The van der Waals surface area contributed by atoms with E-state index in [1.165, 1.54) is 12.0 Å². The Labute approximate surface area is 176 Å². The summed E-state index contributed by atoms with van der Waals surface area (Å²) in [5, 5.41) is 3.65. The highest BCUT2D eigenvalue weighted by molar-refractivity contribution is 5.59. The molecule has 0 bridgehead atoms. The van der Waals surface area contributed by atoms with Gasteiger partial charge in [0.05, 0.1) is 0 Å². The van der Waals surface area contributed by atoms with Crippen LogP contribution in [0.25, 0.3) is 11.4 Å². The van der Waals surface area contributed by atoms with Crippen LogP contribution in [0.4, 0.5) is 5.69 Å². The summed E-state index contributed by atoms with van der Waals surface area (Å²) in [4.78, 5) is 11.7. The number of hydrogen-bond acceptors (Lipinski definition) is 6. The van der Waals surface area contributed by atoms with Crippen molar-refractivity contribution in [1.29, 1.82) is 0 Å². The molecule has 0 radical (unpaired) electrons. The minimum absolute atomic E-state index is 0.306. The predicted molar refractivity (Wildman–Crippen MR) is 117 cm³/mol. The number of fused-ring (bicyclic) bond motifs is 1. The van der Waals surface area contributed by atoms with E-state index in [2.05, 4.69) is 45.3 Å². The minimum Gasteiger partial charge on any atom is -0.454 e. The largest absolute Gasteiger partial charge is 0.454 e. The number of piperidine rings is 1. The van der Waals surface area contributed by atoms with Crippen molar-refractivity contribution in [3.8, 4) is 22.9 Å². The average Bonchev–Trinajstić information content (AvgIpc) is 3.23. The topological polar surface area (TPSA) is 59.5 Å². The molecule has 1 saturated heterocycles. The fraction of sp³-hybridized carbons (Fsp3) is 0.333. The Kier molecular flexibility index (Phi) is 5.24. The number of likely N-dealkylation sites (tertiary alicyclic amines) is 1. The van der Waals surface area contributed by atoms with Crippen LogP contribution in [0.1, 0.15) is 24.0 Å². The lowest BCUT2D eigenvalue weighted by molar-refractivity contribution is 0.174. The molecule has 2 aliphatic heterocycles. The van der Waals surface area contributed by atoms with E-state index in [4.69, 9.17) is 9.47 Å². The Morgan fingerprint density at radius 3 is 2.77 bits per heavy atom. The van der Waals surface area contributed by atoms with Gasteiger partial charge in [-0.25, -0.2) is 9.97 Å². The Hall–Kier alpha value is -3.12. The van der Waals surface area contributed by atoms with Gasteiger partial charge in [-0.1, -0.05) is 24.3 Å². The highest BCUT2D eigenvalue weighted by atomic mass is 16.7. The second kappa shape index (κ2) is 8.32. The number of nitrogens with one attached hydrogen (secondary N) is 1. The fourth-order valence-corrected chi connectivity index (χ4v) is 4.20. The molecule has 6 heteroatoms. The summed E-state index contributed by atoms with van der Waals surface area (Å²) < 4.78 is 10.9. The molecule has 0 amide bonds. The molecule has 0 unspecified atom stereocenters. The molecular weight excluding hydrogens is 376 g/mol. The normalized spacial score (nSPS) is 18.4. The quantitative estimate of drug-likeness (QED) is 0.688. The van der Waals surface area contributed by atoms with Gasteiger partial charge in [-0.15, -0.1) is 0 Å². The van der Waals surface area contributed by atoms with Gasteiger partial charge in [0, 0.05) is 54.4 Å². The molecule has 0 aliphatic carbocycles. The fourth-order valence-electron chi connectivity index (χ4n) is 4.20. The van der Waals surface area contributed by atoms with E-state index < -0.39 is 0 Å². The highest BCUT2D eigenvalue weighted by Crippen LogP contribution is 2.34. The van der Waals surface area contributed by atoms with Gasteiger partial charge in [-0.3, -0.25) is 4.90 Å². The summed E-state index contributed by atoms with van der Waals surface area (Å²) >= 11 is 0. The van der Waals surface area contributed by atoms with Crippen LogP contribution in [0.3, 0.4) is 0 Å². The Balaban J connectivity index is 1.21. The molecule has 1 N–H and O–H groups in total. The van der Waals surface area contributed by atoms with Crippen molar-refractivity contribution in [1.82, 2.24) is 14.9 Å². The third-order valence-corrected chi connectivity index (χ3v) is 5.75. The van der Waals surface area contributed by atoms with Crippen LogP contribution in [0, 0.1) is 6.92 Å². The van der Waals surface area contributed by atoms with E-state index in [0.29, 0.717) is 12.8 Å². The van der Waals surface area contributed by atoms with E-state index in [1.807, 2.05) is 36.7 Å². The number of ether oxygens (including phenoxy) is 2. The first kappa shape index (κ1) is 18.9. The van der Waals surface area contributed by atoms with E-state index in [1.54, 1.807) is 0 Å². The smallest absolute Gasteiger partial charge is 0.231 e. The van der Waals surface area contributed by atoms with Crippen molar-refractivity contribution in [2.75, 3.05) is 25.2 Å². The third kappa shape index (κ3) is 4.09. The Bertz CT molecular complexity index is 1020. The zero-order chi connectivity index (χ0) is 20.3. The second-order valence-corrected chi connectivity index (χ2v) is 8.02. The van der Waals surface area contributed by atoms with Crippen molar-refractivity contribution in [2.24, 2.45) is 0 Å². The number of aryl methyl sites for hydroxylation is 1. The molecular formula is C24H26N4O2. The number of aromatic nitrogens is 2. The van der Waals surface area contributed by atoms with Gasteiger partial charge in [0.1, 0.15) is 0 Å². The van der Waals surface area contributed by atoms with E-state index >= 15 is 0 Å². The first-order chi connectivity index (χ1) is 14.7. The number of anilines is 1. The van der Waals surface area contributed by atoms with Gasteiger partial charge in [0.15, 0.2) is 17.3 Å². The molecule has 2 aliphatic rings. The van der Waals surface area contributed by atoms with Gasteiger partial charge in [-0.05, 0) is 44.0 Å². The zero-order valence-corrected chi connectivity index (χ0v) is 17.2. The maximum Gasteiger partial charge on any atom is 0.231 e. The summed E-state index contributed by atoms with van der Waals surface area (Å²) in [5.74, 6) is 2.43. The Morgan fingerprint density at radius 2 is 1.90 bits per heavy atom. The predicted octanol–water partition coefficient (Wildman–Crippen LogP) is 4.26. The molecule has 1 aromatic heterocycles. The number of hydrogen-bond donors (Lipinski definition) is 1. The van der Waals surface area contributed by atoms with Gasteiger partial charge in [-0.2, -0.15) is 0 Å². The third-order valence-electron chi connectivity index (χ3n) is 5.75. The first-order valence-corrected chi connectivity index (χ1v) is 10.5. The average molecular weight is 402 g/mol. The summed E-state index contributed by atoms with van der Waals surface area (Å²) in [6, 6.07) is 14.7. The van der Waals surface area contributed by atoms with Crippen LogP contribution in [-0.4, -0.2) is 40.8 Å². The SMILES string of the molecule is Cc1ccccc1-c1ncc(CN2CCC[C@H](Nc3ccc4c(c3)OCO4)C2)cn1. The van der Waals surface area contributed by atoms with Crippen LogP contribution in [0.2, 0.25) is 0 Å². The monoisotopic (exact) mass is 402 g/mol. The molecule has 0 spiro atoms. The molecule has 2 aromatic carbocycles. The van der Waals surface area contributed by atoms with E-state index in [-0.39, 0.29) is 0 Å². The molecule has 1 atom stereocenters. The lowest BCUT2D eigenvalue weighted by atomic mass is 10.0. The molecule has 1 fully saturated rings. The number of rotatable bonds is 5. The van der Waals surface area contributed by atoms with Crippen molar-refractivity contribution in [3.05, 3.63) is 66.0 Å². The van der Waals surface area contributed by atoms with Crippen LogP contribution < -0.4 is 14.8 Å². The van der Waals surface area contributed by atoms with Crippen LogP contribution in [-0.2, 0) is 6.54 Å². The van der Waals surface area contributed by atoms with Crippen LogP contribution in [0.5, 0.6) is 11.5 Å². The van der Waals surface area contributed by atoms with Crippen molar-refractivity contribution < 1.29 is 9.47 Å². The maximum absolute atomic E-state index is 5.49. The van der Waals surface area contributed by atoms with Crippen LogP contribution in [0.15, 0.2) is 54.9 Å². The number of nitrogens with zero attached hydrogens (tertiary/aromatic N) is 3. The second-order valence-electron chi connectivity index (χ2n) is 8.02. The minimum atomic E-state index is 0.306. The molecule has 5 rings (SSSR count). The van der Waals surface area contributed by atoms with Gasteiger partial charge in [0.2, 0.25) is 6.79 Å². The molecule has 30 heavy (non-hydrogen) atoms. The van der Waals surface area contributed by atoms with Crippen molar-refractivity contribution in [2.45, 2.75) is 32.4 Å². The summed E-state index contributed by atoms with van der Waals surface area (Å²) in [7, 11) is 0. The molecule has 0 saturated carbocycles. The summed E-state index contributed by atoms with van der Waals surface area (Å²) in [5.41, 5.74) is 4.52. The maximum atomic E-state index is 5.49. The van der Waals surface area contributed by atoms with E-state index in [0.717, 1.165) is 60.2 Å². The lowest BCUT2D eigenvalue weighted by Crippen LogP contribution is -2.41. The summed E-state index contributed by atoms with van der Waals surface area (Å²) in [6.45, 7) is 5.36. The highest BCUT2D eigenvalue weighted by Gasteiger charge is 2.21. The number of benzene rings is 2. The molecule has 3 heterocycles. The summed E-state index contributed by atoms with van der Waals surface area (Å²) in [6.07, 6.45) is 6.26. The van der Waals surface area contributed by atoms with Crippen molar-refractivity contribution >= 4 is 5.69 Å². The molecule has 154 valence electrons.